The molecule has 1 N–H and O–H groups in total. The van der Waals surface area contributed by atoms with Crippen LogP contribution in [0.15, 0.2) is 22.7 Å². The first-order valence-electron chi connectivity index (χ1n) is 8.08. The molecule has 1 aliphatic heterocycles. The lowest BCUT2D eigenvalue weighted by atomic mass is 10.0. The average molecular weight is 355 g/mol. The second kappa shape index (κ2) is 6.76. The van der Waals surface area contributed by atoms with Crippen LogP contribution in [0.1, 0.15) is 38.2 Å². The molecule has 116 valence electrons. The largest absolute Gasteiger partial charge is 0.311 e. The number of benzene rings is 1. The predicted octanol–water partition coefficient (Wildman–Crippen LogP) is 3.94. The van der Waals surface area contributed by atoms with Gasteiger partial charge in [0.15, 0.2) is 0 Å². The molecule has 1 aromatic rings. The SMILES string of the molecule is CCCC1CNC(C2CC2)CN1Cc1cc(Br)ccc1F. The van der Waals surface area contributed by atoms with E-state index in [2.05, 4.69) is 33.1 Å². The molecule has 2 nitrogen and oxygen atoms in total. The first-order valence-corrected chi connectivity index (χ1v) is 8.88. The molecule has 4 heteroatoms. The number of nitrogens with one attached hydrogen (secondary N) is 1. The maximum atomic E-state index is 14.0. The Morgan fingerprint density at radius 2 is 2.19 bits per heavy atom. The van der Waals surface area contributed by atoms with Gasteiger partial charge in [0, 0.05) is 41.8 Å². The van der Waals surface area contributed by atoms with Gasteiger partial charge in [-0.1, -0.05) is 29.3 Å². The van der Waals surface area contributed by atoms with E-state index in [0.29, 0.717) is 12.1 Å². The average Bonchev–Trinajstić information content (AvgIpc) is 3.29. The summed E-state index contributed by atoms with van der Waals surface area (Å²) in [5.41, 5.74) is 0.807. The van der Waals surface area contributed by atoms with Crippen molar-refractivity contribution >= 4 is 15.9 Å². The van der Waals surface area contributed by atoms with Crippen LogP contribution in [-0.2, 0) is 6.54 Å². The fourth-order valence-electron chi connectivity index (χ4n) is 3.39. The van der Waals surface area contributed by atoms with Crippen LogP contribution < -0.4 is 5.32 Å². The molecular weight excluding hydrogens is 331 g/mol. The number of rotatable bonds is 5. The van der Waals surface area contributed by atoms with Crippen molar-refractivity contribution in [3.05, 3.63) is 34.1 Å². The zero-order valence-corrected chi connectivity index (χ0v) is 14.2. The molecule has 2 aliphatic rings. The molecule has 0 spiro atoms. The molecule has 21 heavy (non-hydrogen) atoms. The van der Waals surface area contributed by atoms with Crippen molar-refractivity contribution in [3.63, 3.8) is 0 Å². The number of hydrogen-bond donors (Lipinski definition) is 1. The van der Waals surface area contributed by atoms with Crippen molar-refractivity contribution in [1.82, 2.24) is 10.2 Å². The van der Waals surface area contributed by atoms with E-state index in [1.165, 1.54) is 25.7 Å². The summed E-state index contributed by atoms with van der Waals surface area (Å²) in [6.07, 6.45) is 5.07. The lowest BCUT2D eigenvalue weighted by molar-refractivity contribution is 0.107. The van der Waals surface area contributed by atoms with Gasteiger partial charge in [0.1, 0.15) is 5.82 Å². The third kappa shape index (κ3) is 3.85. The van der Waals surface area contributed by atoms with Gasteiger partial charge < -0.3 is 5.32 Å². The molecule has 1 heterocycles. The summed E-state index contributed by atoms with van der Waals surface area (Å²) in [7, 11) is 0. The van der Waals surface area contributed by atoms with Crippen molar-refractivity contribution in [1.29, 1.82) is 0 Å². The highest BCUT2D eigenvalue weighted by atomic mass is 79.9. The molecule has 1 aliphatic carbocycles. The minimum atomic E-state index is -0.0880. The molecule has 2 unspecified atom stereocenters. The normalized spacial score (nSPS) is 27.0. The molecule has 1 saturated heterocycles. The molecule has 0 bridgehead atoms. The van der Waals surface area contributed by atoms with E-state index < -0.39 is 0 Å². The Balaban J connectivity index is 1.73. The monoisotopic (exact) mass is 354 g/mol. The summed E-state index contributed by atoms with van der Waals surface area (Å²) in [5.74, 6) is 0.761. The highest BCUT2D eigenvalue weighted by Crippen LogP contribution is 2.35. The van der Waals surface area contributed by atoms with Gasteiger partial charge in [0.2, 0.25) is 0 Å². The van der Waals surface area contributed by atoms with E-state index in [-0.39, 0.29) is 5.82 Å². The van der Waals surface area contributed by atoms with Gasteiger partial charge in [-0.25, -0.2) is 4.39 Å². The molecule has 0 amide bonds. The van der Waals surface area contributed by atoms with Gasteiger partial charge in [-0.2, -0.15) is 0 Å². The Bertz CT molecular complexity index is 490. The Hall–Kier alpha value is -0.450. The van der Waals surface area contributed by atoms with Crippen LogP contribution in [0.2, 0.25) is 0 Å². The topological polar surface area (TPSA) is 15.3 Å². The van der Waals surface area contributed by atoms with Crippen molar-refractivity contribution in [2.45, 2.75) is 51.2 Å². The number of piperazine rings is 1. The van der Waals surface area contributed by atoms with Crippen molar-refractivity contribution in [2.75, 3.05) is 13.1 Å². The van der Waals surface area contributed by atoms with E-state index in [4.69, 9.17) is 0 Å². The van der Waals surface area contributed by atoms with E-state index in [9.17, 15) is 4.39 Å². The van der Waals surface area contributed by atoms with Gasteiger partial charge in [-0.3, -0.25) is 4.90 Å². The number of nitrogens with zero attached hydrogens (tertiary/aromatic N) is 1. The number of halogens is 2. The summed E-state index contributed by atoms with van der Waals surface area (Å²) in [6.45, 7) is 5.05. The molecule has 2 fully saturated rings. The standard InChI is InChI=1S/C17H24BrFN2/c1-2-3-15-9-20-17(12-4-5-12)11-21(15)10-13-8-14(18)6-7-16(13)19/h6-8,12,15,17,20H,2-5,9-11H2,1H3. The van der Waals surface area contributed by atoms with Crippen LogP contribution in [0, 0.1) is 11.7 Å². The predicted molar refractivity (Wildman–Crippen MR) is 87.7 cm³/mol. The molecular formula is C17H24BrFN2. The third-order valence-corrected chi connectivity index (χ3v) is 5.25. The summed E-state index contributed by atoms with van der Waals surface area (Å²) in [6, 6.07) is 6.39. The van der Waals surface area contributed by atoms with Crippen LogP contribution >= 0.6 is 15.9 Å². The fraction of sp³-hybridized carbons (Fsp3) is 0.647. The van der Waals surface area contributed by atoms with Crippen LogP contribution in [-0.4, -0.2) is 30.1 Å². The van der Waals surface area contributed by atoms with Crippen LogP contribution in [0.25, 0.3) is 0 Å². The molecule has 0 aromatic heterocycles. The second-order valence-electron chi connectivity index (χ2n) is 6.46. The fourth-order valence-corrected chi connectivity index (χ4v) is 3.80. The van der Waals surface area contributed by atoms with Gasteiger partial charge in [-0.15, -0.1) is 0 Å². The molecule has 2 atom stereocenters. The van der Waals surface area contributed by atoms with Gasteiger partial charge >= 0.3 is 0 Å². The summed E-state index contributed by atoms with van der Waals surface area (Å²) in [4.78, 5) is 2.49. The second-order valence-corrected chi connectivity index (χ2v) is 7.38. The zero-order chi connectivity index (χ0) is 14.8. The smallest absolute Gasteiger partial charge is 0.127 e. The summed E-state index contributed by atoms with van der Waals surface area (Å²) < 4.78 is 15.0. The van der Waals surface area contributed by atoms with E-state index in [1.807, 2.05) is 6.07 Å². The Morgan fingerprint density at radius 3 is 2.90 bits per heavy atom. The van der Waals surface area contributed by atoms with Crippen molar-refractivity contribution < 1.29 is 4.39 Å². The summed E-state index contributed by atoms with van der Waals surface area (Å²) in [5, 5.41) is 3.71. The van der Waals surface area contributed by atoms with Gasteiger partial charge in [0.25, 0.3) is 0 Å². The van der Waals surface area contributed by atoms with Crippen molar-refractivity contribution in [2.24, 2.45) is 5.92 Å². The van der Waals surface area contributed by atoms with Gasteiger partial charge in [-0.05, 0) is 43.4 Å². The quantitative estimate of drug-likeness (QED) is 0.861. The van der Waals surface area contributed by atoms with E-state index >= 15 is 0 Å². The maximum Gasteiger partial charge on any atom is 0.127 e. The zero-order valence-electron chi connectivity index (χ0n) is 12.6. The van der Waals surface area contributed by atoms with E-state index in [0.717, 1.165) is 35.6 Å². The van der Waals surface area contributed by atoms with E-state index in [1.54, 1.807) is 12.1 Å². The maximum absolute atomic E-state index is 14.0. The highest BCUT2D eigenvalue weighted by molar-refractivity contribution is 9.10. The highest BCUT2D eigenvalue weighted by Gasteiger charge is 2.36. The third-order valence-electron chi connectivity index (χ3n) is 4.76. The van der Waals surface area contributed by atoms with Crippen LogP contribution in [0.4, 0.5) is 4.39 Å². The summed E-state index contributed by atoms with van der Waals surface area (Å²) >= 11 is 3.45. The number of hydrogen-bond acceptors (Lipinski definition) is 2. The minimum Gasteiger partial charge on any atom is -0.311 e. The Morgan fingerprint density at radius 1 is 1.38 bits per heavy atom. The minimum absolute atomic E-state index is 0.0880. The molecule has 1 saturated carbocycles. The Kier molecular flexibility index (Phi) is 4.97. The molecule has 3 rings (SSSR count). The Labute approximate surface area is 135 Å². The van der Waals surface area contributed by atoms with Crippen molar-refractivity contribution in [3.8, 4) is 0 Å². The van der Waals surface area contributed by atoms with Gasteiger partial charge in [0.05, 0.1) is 0 Å². The molecule has 1 aromatic carbocycles. The molecule has 0 radical (unpaired) electrons. The lowest BCUT2D eigenvalue weighted by Crippen LogP contribution is -2.56. The first-order chi connectivity index (χ1) is 10.2. The van der Waals surface area contributed by atoms with Crippen LogP contribution in [0.3, 0.4) is 0 Å². The first kappa shape index (κ1) is 15.4. The van der Waals surface area contributed by atoms with Crippen LogP contribution in [0.5, 0.6) is 0 Å². The lowest BCUT2D eigenvalue weighted by Gasteiger charge is -2.41.